The van der Waals surface area contributed by atoms with E-state index < -0.39 is 40.6 Å². The van der Waals surface area contributed by atoms with Crippen LogP contribution in [0.15, 0.2) is 0 Å². The molecule has 2 N–H and O–H groups in total. The molecule has 0 spiro atoms. The Morgan fingerprint density at radius 2 is 1.62 bits per heavy atom. The molecule has 1 aliphatic rings. The van der Waals surface area contributed by atoms with E-state index in [0.717, 1.165) is 19.4 Å². The second kappa shape index (κ2) is 6.38. The molecule has 1 aromatic rings. The van der Waals surface area contributed by atoms with Crippen molar-refractivity contribution in [3.05, 3.63) is 34.6 Å². The Morgan fingerprint density at radius 1 is 1.05 bits per heavy atom. The van der Waals surface area contributed by atoms with Gasteiger partial charge in [-0.05, 0) is 31.8 Å². The first-order chi connectivity index (χ1) is 9.93. The molecule has 1 atom stereocenters. The summed E-state index contributed by atoms with van der Waals surface area (Å²) in [6, 6.07) is 0. The minimum atomic E-state index is -2.28. The maximum absolute atomic E-state index is 13.4. The highest BCUT2D eigenvalue weighted by Gasteiger charge is 2.29. The molecule has 1 aliphatic heterocycles. The van der Waals surface area contributed by atoms with E-state index in [1.165, 1.54) is 0 Å². The summed E-state index contributed by atoms with van der Waals surface area (Å²) in [5, 5.41) is 5.29. The van der Waals surface area contributed by atoms with E-state index >= 15 is 0 Å². The van der Waals surface area contributed by atoms with Gasteiger partial charge in [0, 0.05) is 6.54 Å². The monoisotopic (exact) mass is 308 g/mol. The number of carbonyl (C=O) groups is 1. The molecular weight excluding hydrogens is 295 g/mol. The van der Waals surface area contributed by atoms with Crippen molar-refractivity contribution >= 4 is 5.91 Å². The summed E-state index contributed by atoms with van der Waals surface area (Å²) in [5.41, 5.74) is -1.45. The Balaban J connectivity index is 2.15. The number of piperidine rings is 1. The number of carbonyl (C=O) groups excluding carboxylic acids is 1. The fraction of sp³-hybridized carbons (Fsp3) is 0.462. The predicted molar refractivity (Wildman–Crippen MR) is 64.2 cm³/mol. The average molecular weight is 308 g/mol. The molecule has 116 valence electrons. The van der Waals surface area contributed by atoms with Gasteiger partial charge in [-0.3, -0.25) is 4.79 Å². The fourth-order valence-electron chi connectivity index (χ4n) is 2.23. The maximum atomic E-state index is 13.4. The van der Waals surface area contributed by atoms with Crippen LogP contribution in [0.2, 0.25) is 0 Å². The Hall–Kier alpha value is -1.70. The normalized spacial score (nSPS) is 18.6. The van der Waals surface area contributed by atoms with E-state index in [-0.39, 0.29) is 12.5 Å². The van der Waals surface area contributed by atoms with Gasteiger partial charge in [0.05, 0.1) is 0 Å². The van der Waals surface area contributed by atoms with E-state index in [0.29, 0.717) is 6.54 Å². The first kappa shape index (κ1) is 15.7. The van der Waals surface area contributed by atoms with E-state index in [2.05, 4.69) is 10.6 Å². The minimum absolute atomic E-state index is 0.0592. The van der Waals surface area contributed by atoms with Crippen molar-refractivity contribution in [1.29, 1.82) is 0 Å². The zero-order chi connectivity index (χ0) is 15.6. The number of hydrogen-bond donors (Lipinski definition) is 2. The molecule has 0 aliphatic carbocycles. The van der Waals surface area contributed by atoms with Crippen molar-refractivity contribution in [2.24, 2.45) is 5.92 Å². The third-order valence-electron chi connectivity index (χ3n) is 3.39. The number of benzene rings is 1. The highest BCUT2D eigenvalue weighted by atomic mass is 19.2. The molecule has 0 saturated carbocycles. The van der Waals surface area contributed by atoms with Gasteiger partial charge < -0.3 is 10.6 Å². The van der Waals surface area contributed by atoms with Crippen LogP contribution in [0.1, 0.15) is 23.2 Å². The number of rotatable bonds is 3. The lowest BCUT2D eigenvalue weighted by molar-refractivity contribution is 0.0933. The molecule has 2 rings (SSSR count). The van der Waals surface area contributed by atoms with Crippen molar-refractivity contribution in [1.82, 2.24) is 10.6 Å². The SMILES string of the molecule is O=C(NCC1CCCNC1)c1c(F)c(F)c(F)c(F)c1F. The Morgan fingerprint density at radius 3 is 2.14 bits per heavy atom. The summed E-state index contributed by atoms with van der Waals surface area (Å²) in [7, 11) is 0. The minimum Gasteiger partial charge on any atom is -0.352 e. The average Bonchev–Trinajstić information content (AvgIpc) is 2.50. The van der Waals surface area contributed by atoms with Gasteiger partial charge >= 0.3 is 0 Å². The number of amides is 1. The Kier molecular flexibility index (Phi) is 4.76. The van der Waals surface area contributed by atoms with Crippen molar-refractivity contribution in [2.75, 3.05) is 19.6 Å². The van der Waals surface area contributed by atoms with E-state index in [1.54, 1.807) is 0 Å². The van der Waals surface area contributed by atoms with E-state index in [9.17, 15) is 26.7 Å². The molecule has 0 radical (unpaired) electrons. The molecule has 1 saturated heterocycles. The molecule has 0 aromatic heterocycles. The van der Waals surface area contributed by atoms with E-state index in [4.69, 9.17) is 0 Å². The summed E-state index contributed by atoms with van der Waals surface area (Å²) in [4.78, 5) is 11.7. The van der Waals surface area contributed by atoms with Gasteiger partial charge in [0.25, 0.3) is 5.91 Å². The van der Waals surface area contributed by atoms with Crippen LogP contribution in [0.4, 0.5) is 22.0 Å². The standard InChI is InChI=1S/C13H13F5N2O/c14-8-7(9(15)11(17)12(18)10(8)16)13(21)20-5-6-2-1-3-19-4-6/h6,19H,1-5H2,(H,20,21). The van der Waals surface area contributed by atoms with Crippen LogP contribution in [0, 0.1) is 35.0 Å². The van der Waals surface area contributed by atoms with Gasteiger partial charge in [0.2, 0.25) is 5.82 Å². The maximum Gasteiger partial charge on any atom is 0.257 e. The molecule has 1 fully saturated rings. The molecule has 1 unspecified atom stereocenters. The Labute approximate surface area is 117 Å². The highest BCUT2D eigenvalue weighted by molar-refractivity contribution is 5.94. The first-order valence-electron chi connectivity index (χ1n) is 6.43. The topological polar surface area (TPSA) is 41.1 Å². The summed E-state index contributed by atoms with van der Waals surface area (Å²) >= 11 is 0. The predicted octanol–water partition coefficient (Wildman–Crippen LogP) is 2.11. The zero-order valence-corrected chi connectivity index (χ0v) is 10.9. The van der Waals surface area contributed by atoms with Crippen LogP contribution in [-0.2, 0) is 0 Å². The number of hydrogen-bond acceptors (Lipinski definition) is 2. The summed E-state index contributed by atoms with van der Waals surface area (Å²) in [6.07, 6.45) is 1.70. The smallest absolute Gasteiger partial charge is 0.257 e. The largest absolute Gasteiger partial charge is 0.352 e. The lowest BCUT2D eigenvalue weighted by Gasteiger charge is -2.23. The summed E-state index contributed by atoms with van der Waals surface area (Å²) in [5.74, 6) is -12.0. The lowest BCUT2D eigenvalue weighted by Crippen LogP contribution is -2.38. The molecule has 8 heteroatoms. The van der Waals surface area contributed by atoms with E-state index in [1.807, 2.05) is 0 Å². The van der Waals surface area contributed by atoms with Crippen LogP contribution in [0.5, 0.6) is 0 Å². The summed E-state index contributed by atoms with van der Waals surface area (Å²) < 4.78 is 65.7. The van der Waals surface area contributed by atoms with Gasteiger partial charge in [-0.2, -0.15) is 0 Å². The molecular formula is C13H13F5N2O. The van der Waals surface area contributed by atoms with Crippen LogP contribution >= 0.6 is 0 Å². The van der Waals surface area contributed by atoms with Crippen LogP contribution in [0.3, 0.4) is 0 Å². The van der Waals surface area contributed by atoms with Gasteiger partial charge in [-0.25, -0.2) is 22.0 Å². The molecule has 1 heterocycles. The first-order valence-corrected chi connectivity index (χ1v) is 6.43. The number of halogens is 5. The Bertz CT molecular complexity index is 529. The van der Waals surface area contributed by atoms with Crippen LogP contribution < -0.4 is 10.6 Å². The van der Waals surface area contributed by atoms with Crippen molar-refractivity contribution in [2.45, 2.75) is 12.8 Å². The highest BCUT2D eigenvalue weighted by Crippen LogP contribution is 2.23. The molecule has 0 bridgehead atoms. The molecule has 21 heavy (non-hydrogen) atoms. The second-order valence-corrected chi connectivity index (χ2v) is 4.87. The van der Waals surface area contributed by atoms with Crippen LogP contribution in [0.25, 0.3) is 0 Å². The zero-order valence-electron chi connectivity index (χ0n) is 10.9. The van der Waals surface area contributed by atoms with Crippen LogP contribution in [-0.4, -0.2) is 25.5 Å². The second-order valence-electron chi connectivity index (χ2n) is 4.87. The van der Waals surface area contributed by atoms with Crippen molar-refractivity contribution in [3.63, 3.8) is 0 Å². The molecule has 1 amide bonds. The molecule has 3 nitrogen and oxygen atoms in total. The molecule has 1 aromatic carbocycles. The van der Waals surface area contributed by atoms with Gasteiger partial charge in [-0.1, -0.05) is 0 Å². The van der Waals surface area contributed by atoms with Crippen molar-refractivity contribution < 1.29 is 26.7 Å². The third kappa shape index (κ3) is 3.15. The lowest BCUT2D eigenvalue weighted by atomic mass is 9.99. The number of nitrogens with one attached hydrogen (secondary N) is 2. The van der Waals surface area contributed by atoms with Crippen molar-refractivity contribution in [3.8, 4) is 0 Å². The van der Waals surface area contributed by atoms with Gasteiger partial charge in [0.1, 0.15) is 5.56 Å². The quantitative estimate of drug-likeness (QED) is 0.510. The fourth-order valence-corrected chi connectivity index (χ4v) is 2.23. The van der Waals surface area contributed by atoms with Gasteiger partial charge in [-0.15, -0.1) is 0 Å². The van der Waals surface area contributed by atoms with Gasteiger partial charge in [0.15, 0.2) is 23.3 Å². The third-order valence-corrected chi connectivity index (χ3v) is 3.39. The summed E-state index contributed by atoms with van der Waals surface area (Å²) in [6.45, 7) is 1.57.